The van der Waals surface area contributed by atoms with E-state index in [1.165, 1.54) is 0 Å². The van der Waals surface area contributed by atoms with E-state index in [2.05, 4.69) is 4.90 Å². The summed E-state index contributed by atoms with van der Waals surface area (Å²) in [6.07, 6.45) is -0.267. The predicted octanol–water partition coefficient (Wildman–Crippen LogP) is 4.77. The van der Waals surface area contributed by atoms with E-state index in [-0.39, 0.29) is 11.8 Å². The van der Waals surface area contributed by atoms with Crippen LogP contribution in [0.4, 0.5) is 4.79 Å². The highest BCUT2D eigenvalue weighted by atomic mass is 35.5. The molecule has 1 saturated heterocycles. The summed E-state index contributed by atoms with van der Waals surface area (Å²) in [6.45, 7) is 8.92. The van der Waals surface area contributed by atoms with Crippen LogP contribution in [0.5, 0.6) is 5.75 Å². The zero-order valence-electron chi connectivity index (χ0n) is 16.6. The van der Waals surface area contributed by atoms with Gasteiger partial charge in [0.05, 0.1) is 0 Å². The molecule has 0 radical (unpaired) electrons. The lowest BCUT2D eigenvalue weighted by molar-refractivity contribution is 0.0138. The average Bonchev–Trinajstić information content (AvgIpc) is 2.63. The molecule has 0 aromatic heterocycles. The Morgan fingerprint density at radius 2 is 1.71 bits per heavy atom. The number of ether oxygens (including phenoxy) is 1. The first-order valence-electron chi connectivity index (χ1n) is 9.50. The Morgan fingerprint density at radius 3 is 2.32 bits per heavy atom. The molecule has 1 aliphatic rings. The minimum absolute atomic E-state index is 0.267. The van der Waals surface area contributed by atoms with Gasteiger partial charge in [-0.2, -0.15) is 0 Å². The summed E-state index contributed by atoms with van der Waals surface area (Å²) in [4.78, 5) is 16.2. The third-order valence-corrected chi connectivity index (χ3v) is 4.96. The second-order valence-electron chi connectivity index (χ2n) is 8.05. The van der Waals surface area contributed by atoms with Crippen LogP contribution in [0.15, 0.2) is 42.5 Å². The minimum atomic E-state index is -0.489. The van der Waals surface area contributed by atoms with E-state index in [0.29, 0.717) is 24.7 Å². The van der Waals surface area contributed by atoms with Crippen molar-refractivity contribution in [1.82, 2.24) is 9.80 Å². The molecule has 1 heterocycles. The lowest BCUT2D eigenvalue weighted by atomic mass is 9.98. The molecule has 0 unspecified atom stereocenters. The van der Waals surface area contributed by atoms with Gasteiger partial charge in [0.2, 0.25) is 0 Å². The number of piperazine rings is 1. The van der Waals surface area contributed by atoms with Crippen LogP contribution in [0.1, 0.15) is 26.3 Å². The van der Waals surface area contributed by atoms with E-state index in [9.17, 15) is 9.90 Å². The van der Waals surface area contributed by atoms with Crippen LogP contribution in [0.2, 0.25) is 5.02 Å². The van der Waals surface area contributed by atoms with E-state index in [1.807, 2.05) is 57.2 Å². The Bertz CT molecular complexity index is 823. The maximum Gasteiger partial charge on any atom is 0.410 e. The first kappa shape index (κ1) is 20.5. The smallest absolute Gasteiger partial charge is 0.410 e. The second-order valence-corrected chi connectivity index (χ2v) is 8.49. The number of phenols is 1. The van der Waals surface area contributed by atoms with Crippen LogP contribution in [0, 0.1) is 0 Å². The number of aromatic hydroxyl groups is 1. The lowest BCUT2D eigenvalue weighted by Gasteiger charge is -2.36. The predicted molar refractivity (Wildman–Crippen MR) is 112 cm³/mol. The van der Waals surface area contributed by atoms with E-state index in [1.54, 1.807) is 11.0 Å². The normalized spacial score (nSPS) is 15.5. The SMILES string of the molecule is CC(C)(C)OC(=O)N1CCN(Cc2c(O)cccc2-c2ccc(Cl)cc2)CC1. The average molecular weight is 403 g/mol. The van der Waals surface area contributed by atoms with Crippen molar-refractivity contribution in [2.45, 2.75) is 32.9 Å². The number of hydrogen-bond donors (Lipinski definition) is 1. The van der Waals surface area contributed by atoms with E-state index in [0.717, 1.165) is 29.8 Å². The first-order chi connectivity index (χ1) is 13.2. The number of carbonyl (C=O) groups excluding carboxylic acids is 1. The summed E-state index contributed by atoms with van der Waals surface area (Å²) in [5.74, 6) is 0.280. The molecule has 0 atom stereocenters. The molecule has 6 heteroatoms. The molecule has 150 valence electrons. The van der Waals surface area contributed by atoms with Gasteiger partial charge in [-0.3, -0.25) is 4.90 Å². The topological polar surface area (TPSA) is 53.0 Å². The molecule has 28 heavy (non-hydrogen) atoms. The lowest BCUT2D eigenvalue weighted by Crippen LogP contribution is -2.49. The van der Waals surface area contributed by atoms with Gasteiger partial charge < -0.3 is 14.7 Å². The molecule has 2 aromatic rings. The van der Waals surface area contributed by atoms with Crippen molar-refractivity contribution in [2.75, 3.05) is 26.2 Å². The molecule has 1 N–H and O–H groups in total. The largest absolute Gasteiger partial charge is 0.508 e. The zero-order valence-corrected chi connectivity index (χ0v) is 17.4. The number of hydrogen-bond acceptors (Lipinski definition) is 4. The summed E-state index contributed by atoms with van der Waals surface area (Å²) in [7, 11) is 0. The van der Waals surface area contributed by atoms with Crippen LogP contribution in [-0.4, -0.2) is 52.8 Å². The highest BCUT2D eigenvalue weighted by Crippen LogP contribution is 2.32. The molecule has 2 aromatic carbocycles. The fourth-order valence-corrected chi connectivity index (χ4v) is 3.41. The van der Waals surface area contributed by atoms with Gasteiger partial charge in [-0.1, -0.05) is 35.9 Å². The Hall–Kier alpha value is -2.24. The van der Waals surface area contributed by atoms with Gasteiger partial charge in [-0.25, -0.2) is 4.79 Å². The molecule has 0 spiro atoms. The second kappa shape index (κ2) is 8.41. The van der Waals surface area contributed by atoms with Crippen molar-refractivity contribution in [2.24, 2.45) is 0 Å². The Kier molecular flexibility index (Phi) is 6.16. The Balaban J connectivity index is 1.69. The number of amides is 1. The standard InChI is InChI=1S/C22H27ClN2O3/c1-22(2,3)28-21(27)25-13-11-24(12-14-25)15-19-18(5-4-6-20(19)26)16-7-9-17(23)10-8-16/h4-10,26H,11-15H2,1-3H3. The molecule has 0 aliphatic carbocycles. The maximum atomic E-state index is 12.2. The van der Waals surface area contributed by atoms with Gasteiger partial charge in [0.15, 0.2) is 0 Å². The quantitative estimate of drug-likeness (QED) is 0.803. The first-order valence-corrected chi connectivity index (χ1v) is 9.88. The minimum Gasteiger partial charge on any atom is -0.508 e. The van der Waals surface area contributed by atoms with Gasteiger partial charge in [-0.05, 0) is 50.1 Å². The number of rotatable bonds is 3. The molecule has 1 aliphatic heterocycles. The van der Waals surface area contributed by atoms with Crippen LogP contribution >= 0.6 is 11.6 Å². The van der Waals surface area contributed by atoms with Crippen molar-refractivity contribution in [1.29, 1.82) is 0 Å². The third kappa shape index (κ3) is 5.18. The van der Waals surface area contributed by atoms with Crippen LogP contribution < -0.4 is 0 Å². The number of nitrogens with zero attached hydrogens (tertiary/aromatic N) is 2. The van der Waals surface area contributed by atoms with Crippen molar-refractivity contribution in [3.63, 3.8) is 0 Å². The van der Waals surface area contributed by atoms with Gasteiger partial charge >= 0.3 is 6.09 Å². The summed E-state index contributed by atoms with van der Waals surface area (Å²) in [5.41, 5.74) is 2.40. The Morgan fingerprint density at radius 1 is 1.07 bits per heavy atom. The molecule has 1 fully saturated rings. The summed E-state index contributed by atoms with van der Waals surface area (Å²) >= 11 is 6.01. The molecule has 1 amide bonds. The Labute approximate surface area is 171 Å². The zero-order chi connectivity index (χ0) is 20.3. The molecule has 3 rings (SSSR count). The number of phenolic OH excluding ortho intramolecular Hbond substituents is 1. The highest BCUT2D eigenvalue weighted by molar-refractivity contribution is 6.30. The maximum absolute atomic E-state index is 12.2. The van der Waals surface area contributed by atoms with Crippen molar-refractivity contribution in [3.8, 4) is 16.9 Å². The number of carbonyl (C=O) groups is 1. The fourth-order valence-electron chi connectivity index (χ4n) is 3.28. The van der Waals surface area contributed by atoms with Crippen molar-refractivity contribution < 1.29 is 14.6 Å². The van der Waals surface area contributed by atoms with Crippen LogP contribution in [0.3, 0.4) is 0 Å². The van der Waals surface area contributed by atoms with Crippen LogP contribution in [0.25, 0.3) is 11.1 Å². The highest BCUT2D eigenvalue weighted by Gasteiger charge is 2.26. The van der Waals surface area contributed by atoms with E-state index < -0.39 is 5.60 Å². The van der Waals surface area contributed by atoms with Gasteiger partial charge in [0.1, 0.15) is 11.4 Å². The van der Waals surface area contributed by atoms with Crippen LogP contribution in [-0.2, 0) is 11.3 Å². The number of benzene rings is 2. The monoisotopic (exact) mass is 402 g/mol. The molecule has 0 saturated carbocycles. The fraction of sp³-hybridized carbons (Fsp3) is 0.409. The van der Waals surface area contributed by atoms with Gasteiger partial charge in [0.25, 0.3) is 0 Å². The third-order valence-electron chi connectivity index (χ3n) is 4.71. The molecular weight excluding hydrogens is 376 g/mol. The molecular formula is C22H27ClN2O3. The summed E-state index contributed by atoms with van der Waals surface area (Å²) < 4.78 is 5.45. The molecule has 5 nitrogen and oxygen atoms in total. The van der Waals surface area contributed by atoms with Crippen molar-refractivity contribution >= 4 is 17.7 Å². The number of halogens is 1. The van der Waals surface area contributed by atoms with E-state index >= 15 is 0 Å². The summed E-state index contributed by atoms with van der Waals surface area (Å²) in [5, 5.41) is 11.2. The molecule has 0 bridgehead atoms. The van der Waals surface area contributed by atoms with Gasteiger partial charge in [-0.15, -0.1) is 0 Å². The van der Waals surface area contributed by atoms with E-state index in [4.69, 9.17) is 16.3 Å². The van der Waals surface area contributed by atoms with Gasteiger partial charge in [0, 0.05) is 43.3 Å². The summed E-state index contributed by atoms with van der Waals surface area (Å²) in [6, 6.07) is 13.2. The van der Waals surface area contributed by atoms with Crippen molar-refractivity contribution in [3.05, 3.63) is 53.1 Å².